The number of carbonyl (C=O) groups excluding carboxylic acids is 1. The lowest BCUT2D eigenvalue weighted by Gasteiger charge is -2.18. The Bertz CT molecular complexity index is 729. The minimum atomic E-state index is -0.224. The molecule has 1 amide bonds. The number of amides is 1. The molecular formula is C15H11FN2O. The number of halogens is 1. The fourth-order valence-corrected chi connectivity index (χ4v) is 3.01. The van der Waals surface area contributed by atoms with Crippen molar-refractivity contribution in [1.82, 2.24) is 4.98 Å². The molecule has 0 bridgehead atoms. The number of carbonyl (C=O) groups is 1. The third-order valence-electron chi connectivity index (χ3n) is 3.83. The van der Waals surface area contributed by atoms with Gasteiger partial charge in [0, 0.05) is 23.1 Å². The van der Waals surface area contributed by atoms with E-state index in [1.54, 1.807) is 6.07 Å². The molecule has 0 saturated heterocycles. The van der Waals surface area contributed by atoms with Gasteiger partial charge in [-0.05, 0) is 48.2 Å². The van der Waals surface area contributed by atoms with Crippen LogP contribution in [0.4, 0.5) is 10.1 Å². The quantitative estimate of drug-likeness (QED) is 0.807. The second-order valence-corrected chi connectivity index (χ2v) is 4.84. The van der Waals surface area contributed by atoms with Gasteiger partial charge in [-0.1, -0.05) is 0 Å². The lowest BCUT2D eigenvalue weighted by molar-refractivity contribution is -0.110. The normalized spacial score (nSPS) is 16.6. The van der Waals surface area contributed by atoms with Gasteiger partial charge in [0.25, 0.3) is 5.91 Å². The molecule has 2 aromatic rings. The van der Waals surface area contributed by atoms with Gasteiger partial charge in [0.1, 0.15) is 5.82 Å². The predicted octanol–water partition coefficient (Wildman–Crippen LogP) is 2.96. The smallest absolute Gasteiger partial charge is 0.256 e. The first-order valence-electron chi connectivity index (χ1n) is 6.25. The highest BCUT2D eigenvalue weighted by Crippen LogP contribution is 2.44. The molecule has 94 valence electrons. The van der Waals surface area contributed by atoms with E-state index in [9.17, 15) is 9.18 Å². The Morgan fingerprint density at radius 1 is 1.16 bits per heavy atom. The standard InChI is InChI=1S/C15H11FN2O/c16-10-5-6-12-13-8(10)3-4-9(11-2-1-7-17-11)14(13)15(19)18-12/h1-2,5-7,17H,3-4H2,(H,18,19). The largest absolute Gasteiger partial charge is 0.361 e. The monoisotopic (exact) mass is 254 g/mol. The third kappa shape index (κ3) is 1.34. The average molecular weight is 254 g/mol. The van der Waals surface area contributed by atoms with Gasteiger partial charge in [0.05, 0.1) is 5.57 Å². The number of aromatic nitrogens is 1. The van der Waals surface area contributed by atoms with Gasteiger partial charge in [0.2, 0.25) is 0 Å². The topological polar surface area (TPSA) is 44.9 Å². The minimum absolute atomic E-state index is 0.133. The van der Waals surface area contributed by atoms with Gasteiger partial charge in [-0.15, -0.1) is 0 Å². The summed E-state index contributed by atoms with van der Waals surface area (Å²) in [7, 11) is 0. The highest BCUT2D eigenvalue weighted by molar-refractivity contribution is 6.37. The predicted molar refractivity (Wildman–Crippen MR) is 71.0 cm³/mol. The summed E-state index contributed by atoms with van der Waals surface area (Å²) in [6.45, 7) is 0. The number of aromatic amines is 1. The van der Waals surface area contributed by atoms with E-state index in [-0.39, 0.29) is 11.7 Å². The Morgan fingerprint density at radius 3 is 2.84 bits per heavy atom. The maximum absolute atomic E-state index is 13.9. The van der Waals surface area contributed by atoms with Crippen LogP contribution in [0.1, 0.15) is 23.2 Å². The van der Waals surface area contributed by atoms with Crippen LogP contribution in [-0.4, -0.2) is 10.9 Å². The van der Waals surface area contributed by atoms with E-state index in [0.717, 1.165) is 22.5 Å². The molecular weight excluding hydrogens is 243 g/mol. The molecule has 0 radical (unpaired) electrons. The van der Waals surface area contributed by atoms with Crippen LogP contribution in [0.15, 0.2) is 30.5 Å². The van der Waals surface area contributed by atoms with Gasteiger partial charge in [-0.25, -0.2) is 4.39 Å². The summed E-state index contributed by atoms with van der Waals surface area (Å²) in [4.78, 5) is 15.3. The summed E-state index contributed by atoms with van der Waals surface area (Å²) in [6, 6.07) is 6.91. The number of anilines is 1. The van der Waals surface area contributed by atoms with Crippen molar-refractivity contribution in [2.45, 2.75) is 12.8 Å². The van der Waals surface area contributed by atoms with Crippen LogP contribution in [0.25, 0.3) is 11.1 Å². The zero-order valence-electron chi connectivity index (χ0n) is 10.1. The summed E-state index contributed by atoms with van der Waals surface area (Å²) in [5, 5.41) is 2.82. The van der Waals surface area contributed by atoms with Crippen molar-refractivity contribution in [3.8, 4) is 0 Å². The third-order valence-corrected chi connectivity index (χ3v) is 3.83. The van der Waals surface area contributed by atoms with E-state index < -0.39 is 0 Å². The van der Waals surface area contributed by atoms with E-state index in [0.29, 0.717) is 24.0 Å². The molecule has 0 spiro atoms. The highest BCUT2D eigenvalue weighted by Gasteiger charge is 2.34. The van der Waals surface area contributed by atoms with Crippen LogP contribution >= 0.6 is 0 Å². The van der Waals surface area contributed by atoms with Crippen molar-refractivity contribution in [2.75, 3.05) is 5.32 Å². The summed E-state index contributed by atoms with van der Waals surface area (Å²) in [5.74, 6) is -0.357. The minimum Gasteiger partial charge on any atom is -0.361 e. The molecule has 1 aliphatic heterocycles. The number of hydrogen-bond donors (Lipinski definition) is 2. The fraction of sp³-hybridized carbons (Fsp3) is 0.133. The van der Waals surface area contributed by atoms with Gasteiger partial charge < -0.3 is 10.3 Å². The molecule has 2 N–H and O–H groups in total. The number of H-pyrrole nitrogens is 1. The Kier molecular flexibility index (Phi) is 1.98. The Morgan fingerprint density at radius 2 is 2.05 bits per heavy atom. The number of hydrogen-bond acceptors (Lipinski definition) is 1. The molecule has 0 unspecified atom stereocenters. The molecule has 1 aromatic carbocycles. The zero-order chi connectivity index (χ0) is 13.0. The van der Waals surface area contributed by atoms with Gasteiger partial charge in [0.15, 0.2) is 0 Å². The van der Waals surface area contributed by atoms with Crippen molar-refractivity contribution in [3.63, 3.8) is 0 Å². The van der Waals surface area contributed by atoms with Crippen LogP contribution in [0.5, 0.6) is 0 Å². The molecule has 3 nitrogen and oxygen atoms in total. The molecule has 0 fully saturated rings. The summed E-state index contributed by atoms with van der Waals surface area (Å²) in [5.41, 5.74) is 4.66. The SMILES string of the molecule is O=C1Nc2ccc(F)c3c2C1=C(c1ccc[nH]1)CC3. The Hall–Kier alpha value is -2.36. The second-order valence-electron chi connectivity index (χ2n) is 4.84. The number of nitrogens with one attached hydrogen (secondary N) is 2. The molecule has 19 heavy (non-hydrogen) atoms. The molecule has 4 heteroatoms. The van der Waals surface area contributed by atoms with E-state index in [1.165, 1.54) is 6.07 Å². The maximum Gasteiger partial charge on any atom is 0.256 e. The Labute approximate surface area is 109 Å². The van der Waals surface area contributed by atoms with Crippen molar-refractivity contribution in [2.24, 2.45) is 0 Å². The van der Waals surface area contributed by atoms with E-state index >= 15 is 0 Å². The van der Waals surface area contributed by atoms with Crippen molar-refractivity contribution in [3.05, 3.63) is 53.1 Å². The number of allylic oxidation sites excluding steroid dienone is 1. The average Bonchev–Trinajstić information content (AvgIpc) is 3.04. The van der Waals surface area contributed by atoms with Crippen molar-refractivity contribution >= 4 is 22.7 Å². The Balaban J connectivity index is 2.05. The van der Waals surface area contributed by atoms with E-state index in [2.05, 4.69) is 10.3 Å². The van der Waals surface area contributed by atoms with E-state index in [4.69, 9.17) is 0 Å². The van der Waals surface area contributed by atoms with Gasteiger partial charge in [-0.2, -0.15) is 0 Å². The summed E-state index contributed by atoms with van der Waals surface area (Å²) < 4.78 is 13.9. The highest BCUT2D eigenvalue weighted by atomic mass is 19.1. The molecule has 2 heterocycles. The molecule has 2 aliphatic rings. The number of benzene rings is 1. The van der Waals surface area contributed by atoms with Crippen LogP contribution < -0.4 is 5.32 Å². The van der Waals surface area contributed by atoms with Crippen LogP contribution in [-0.2, 0) is 11.2 Å². The molecule has 1 aromatic heterocycles. The van der Waals surface area contributed by atoms with Crippen molar-refractivity contribution < 1.29 is 9.18 Å². The second kappa shape index (κ2) is 3.57. The molecule has 1 aliphatic carbocycles. The summed E-state index contributed by atoms with van der Waals surface area (Å²) in [6.07, 6.45) is 3.14. The lowest BCUT2D eigenvalue weighted by Crippen LogP contribution is -2.10. The molecule has 0 saturated carbocycles. The maximum atomic E-state index is 13.9. The van der Waals surface area contributed by atoms with Crippen LogP contribution in [0.2, 0.25) is 0 Å². The lowest BCUT2D eigenvalue weighted by atomic mass is 9.84. The van der Waals surface area contributed by atoms with Gasteiger partial charge in [-0.3, -0.25) is 4.79 Å². The first-order chi connectivity index (χ1) is 9.25. The number of rotatable bonds is 1. The van der Waals surface area contributed by atoms with Crippen molar-refractivity contribution in [1.29, 1.82) is 0 Å². The fourth-order valence-electron chi connectivity index (χ4n) is 3.01. The summed E-state index contributed by atoms with van der Waals surface area (Å²) >= 11 is 0. The zero-order valence-corrected chi connectivity index (χ0v) is 10.1. The first-order valence-corrected chi connectivity index (χ1v) is 6.25. The molecule has 4 rings (SSSR count). The van der Waals surface area contributed by atoms with Crippen LogP contribution in [0, 0.1) is 5.82 Å². The van der Waals surface area contributed by atoms with Crippen LogP contribution in [0.3, 0.4) is 0 Å². The first kappa shape index (κ1) is 10.6. The van der Waals surface area contributed by atoms with E-state index in [1.807, 2.05) is 18.3 Å². The van der Waals surface area contributed by atoms with Gasteiger partial charge >= 0.3 is 0 Å². The molecule has 0 atom stereocenters.